The molecule has 4 heterocycles. The van der Waals surface area contributed by atoms with Crippen LogP contribution in [0.25, 0.3) is 22.8 Å². The molecule has 4 aromatic rings. The van der Waals surface area contributed by atoms with E-state index in [4.69, 9.17) is 25.9 Å². The van der Waals surface area contributed by atoms with E-state index in [1.165, 1.54) is 0 Å². The van der Waals surface area contributed by atoms with E-state index in [0.717, 1.165) is 22.8 Å². The molecule has 19 heteroatoms. The molecule has 0 saturated carbocycles. The molecule has 4 rings (SSSR count). The van der Waals surface area contributed by atoms with Crippen LogP contribution in [0.15, 0.2) is 97.6 Å². The van der Waals surface area contributed by atoms with Crippen molar-refractivity contribution in [3.63, 3.8) is 0 Å². The Balaban J connectivity index is 0.000000528. The van der Waals surface area contributed by atoms with Gasteiger partial charge in [0.05, 0.1) is 22.8 Å². The van der Waals surface area contributed by atoms with E-state index in [1.807, 2.05) is 72.8 Å². The van der Waals surface area contributed by atoms with Crippen molar-refractivity contribution >= 4 is 20.2 Å². The molecule has 0 aliphatic heterocycles. The summed E-state index contributed by atoms with van der Waals surface area (Å²) in [6, 6.07) is 23.2. The minimum atomic E-state index is -6.09. The van der Waals surface area contributed by atoms with Gasteiger partial charge in [-0.3, -0.25) is 19.9 Å². The first-order valence-corrected chi connectivity index (χ1v) is 12.9. The van der Waals surface area contributed by atoms with Crippen LogP contribution in [0.2, 0.25) is 0 Å². The molecule has 0 unspecified atom stereocenters. The Morgan fingerprint density at radius 3 is 0.732 bits per heavy atom. The SMILES string of the molecule is O=S(=O)([O-])C(F)(F)F.O=S(=O)([O-])C(F)(F)F.[Zn+2].c1ccc(-c2ccccn2)nc1.c1ccc(-c2ccccn2)nc1. The molecule has 0 radical (unpaired) electrons. The quantitative estimate of drug-likeness (QED) is 0.129. The maximum Gasteiger partial charge on any atom is 2.00 e. The van der Waals surface area contributed by atoms with Crippen molar-refractivity contribution < 1.29 is 71.8 Å². The molecule has 10 nitrogen and oxygen atoms in total. The van der Waals surface area contributed by atoms with E-state index in [-0.39, 0.29) is 19.5 Å². The van der Waals surface area contributed by atoms with Crippen molar-refractivity contribution in [1.29, 1.82) is 0 Å². The maximum absolute atomic E-state index is 10.7. The predicted molar refractivity (Wildman–Crippen MR) is 126 cm³/mol. The predicted octanol–water partition coefficient (Wildman–Crippen LogP) is 4.39. The Morgan fingerprint density at radius 1 is 0.463 bits per heavy atom. The number of halogens is 6. The molecule has 41 heavy (non-hydrogen) atoms. The summed E-state index contributed by atoms with van der Waals surface area (Å²) in [7, 11) is -12.2. The van der Waals surface area contributed by atoms with Gasteiger partial charge in [0, 0.05) is 24.8 Å². The Morgan fingerprint density at radius 2 is 0.634 bits per heavy atom. The molecule has 0 amide bonds. The third kappa shape index (κ3) is 14.7. The number of pyridine rings is 4. The standard InChI is InChI=1S/2C10H8N2.2CHF3O3S.Zn/c2*1-3-7-11-9(5-1)10-6-2-4-8-12-10;2*2-1(3,4)8(5,6)7;/h2*1-8H;2*(H,5,6,7);/q;;;;+2/p-2. The van der Waals surface area contributed by atoms with Crippen molar-refractivity contribution in [3.8, 4) is 22.8 Å². The number of aromatic nitrogens is 4. The number of nitrogens with zero attached hydrogens (tertiary/aromatic N) is 4. The smallest absolute Gasteiger partial charge is 0.741 e. The van der Waals surface area contributed by atoms with Crippen LogP contribution in [0.5, 0.6) is 0 Å². The molecule has 0 aliphatic rings. The first-order chi connectivity index (χ1) is 18.4. The minimum absolute atomic E-state index is 0. The van der Waals surface area contributed by atoms with Crippen LogP contribution in [0.1, 0.15) is 0 Å². The van der Waals surface area contributed by atoms with E-state index in [1.54, 1.807) is 24.8 Å². The van der Waals surface area contributed by atoms with Gasteiger partial charge in [-0.05, 0) is 48.5 Å². The summed E-state index contributed by atoms with van der Waals surface area (Å²) in [6.45, 7) is 0. The van der Waals surface area contributed by atoms with Gasteiger partial charge in [0.2, 0.25) is 0 Å². The van der Waals surface area contributed by atoms with Crippen molar-refractivity contribution in [3.05, 3.63) is 97.6 Å². The summed E-state index contributed by atoms with van der Waals surface area (Å²) in [4.78, 5) is 16.7. The number of hydrogen-bond acceptors (Lipinski definition) is 10. The van der Waals surface area contributed by atoms with Gasteiger partial charge in [0.1, 0.15) is 0 Å². The molecular weight excluding hydrogens is 660 g/mol. The fourth-order valence-electron chi connectivity index (χ4n) is 2.06. The molecule has 0 spiro atoms. The fraction of sp³-hybridized carbons (Fsp3) is 0.0909. The third-order valence-electron chi connectivity index (χ3n) is 3.75. The monoisotopic (exact) mass is 674 g/mol. The van der Waals surface area contributed by atoms with Crippen LogP contribution in [-0.2, 0) is 39.7 Å². The number of alkyl halides is 6. The maximum atomic E-state index is 10.7. The van der Waals surface area contributed by atoms with Crippen LogP contribution in [0.4, 0.5) is 26.3 Å². The first-order valence-electron chi connectivity index (χ1n) is 10.1. The summed E-state index contributed by atoms with van der Waals surface area (Å²) < 4.78 is 118. The van der Waals surface area contributed by atoms with E-state index in [9.17, 15) is 26.3 Å². The molecule has 0 saturated heterocycles. The molecular formula is C22H16F6N4O6S2Zn. The van der Waals surface area contributed by atoms with Crippen LogP contribution in [-0.4, -0.2) is 56.9 Å². The largest absolute Gasteiger partial charge is 2.00 e. The zero-order valence-electron chi connectivity index (χ0n) is 20.3. The van der Waals surface area contributed by atoms with Crippen molar-refractivity contribution in [2.75, 3.05) is 0 Å². The average Bonchev–Trinajstić information content (AvgIpc) is 2.90. The van der Waals surface area contributed by atoms with E-state index < -0.39 is 31.3 Å². The second-order valence-electron chi connectivity index (χ2n) is 6.66. The van der Waals surface area contributed by atoms with Crippen LogP contribution >= 0.6 is 0 Å². The molecule has 0 N–H and O–H groups in total. The molecule has 4 aromatic heterocycles. The summed E-state index contributed by atoms with van der Waals surface area (Å²) in [5.41, 5.74) is -7.63. The Kier molecular flexibility index (Phi) is 15.4. The molecule has 0 bridgehead atoms. The zero-order chi connectivity index (χ0) is 30.5. The van der Waals surface area contributed by atoms with E-state index in [2.05, 4.69) is 19.9 Å². The van der Waals surface area contributed by atoms with Crippen LogP contribution in [0.3, 0.4) is 0 Å². The van der Waals surface area contributed by atoms with Gasteiger partial charge in [0.25, 0.3) is 0 Å². The van der Waals surface area contributed by atoms with Gasteiger partial charge in [-0.2, -0.15) is 26.3 Å². The Hall–Kier alpha value is -3.38. The second-order valence-corrected chi connectivity index (χ2v) is 9.40. The average molecular weight is 676 g/mol. The van der Waals surface area contributed by atoms with Crippen molar-refractivity contribution in [2.45, 2.75) is 11.0 Å². The topological polar surface area (TPSA) is 166 Å². The second kappa shape index (κ2) is 16.8. The Bertz CT molecular complexity index is 1310. The van der Waals surface area contributed by atoms with Gasteiger partial charge >= 0.3 is 30.5 Å². The number of rotatable bonds is 2. The molecule has 0 aromatic carbocycles. The molecule has 216 valence electrons. The van der Waals surface area contributed by atoms with Gasteiger partial charge < -0.3 is 9.11 Å². The van der Waals surface area contributed by atoms with Crippen molar-refractivity contribution in [1.82, 2.24) is 19.9 Å². The van der Waals surface area contributed by atoms with E-state index >= 15 is 0 Å². The minimum Gasteiger partial charge on any atom is -0.741 e. The van der Waals surface area contributed by atoms with Crippen LogP contribution in [0, 0.1) is 0 Å². The normalized spacial score (nSPS) is 11.1. The molecule has 0 aliphatic carbocycles. The van der Waals surface area contributed by atoms with Gasteiger partial charge in [-0.1, -0.05) is 24.3 Å². The number of hydrogen-bond donors (Lipinski definition) is 0. The van der Waals surface area contributed by atoms with Gasteiger partial charge in [0.15, 0.2) is 20.2 Å². The fourth-order valence-corrected chi connectivity index (χ4v) is 2.06. The van der Waals surface area contributed by atoms with E-state index in [0.29, 0.717) is 0 Å². The Labute approximate surface area is 242 Å². The van der Waals surface area contributed by atoms with Crippen molar-refractivity contribution in [2.24, 2.45) is 0 Å². The van der Waals surface area contributed by atoms with Gasteiger partial charge in [-0.25, -0.2) is 16.8 Å². The molecule has 0 fully saturated rings. The van der Waals surface area contributed by atoms with Crippen LogP contribution < -0.4 is 0 Å². The third-order valence-corrected chi connectivity index (χ3v) is 4.89. The molecule has 0 atom stereocenters. The zero-order valence-corrected chi connectivity index (χ0v) is 24.9. The summed E-state index contributed by atoms with van der Waals surface area (Å²) in [6.07, 6.45) is 7.07. The summed E-state index contributed by atoms with van der Waals surface area (Å²) in [5, 5.41) is 0. The first kappa shape index (κ1) is 37.6. The summed E-state index contributed by atoms with van der Waals surface area (Å²) >= 11 is 0. The van der Waals surface area contributed by atoms with Gasteiger partial charge in [-0.15, -0.1) is 0 Å². The summed E-state index contributed by atoms with van der Waals surface area (Å²) in [5.74, 6) is 0.